The first-order chi connectivity index (χ1) is 12.8. The Kier molecular flexibility index (Phi) is 20.6. The van der Waals surface area contributed by atoms with Gasteiger partial charge < -0.3 is 14.9 Å². The molecule has 15 heteroatoms. The van der Waals surface area contributed by atoms with E-state index in [1.165, 1.54) is 31.6 Å². The Balaban J connectivity index is -0.000000368. The third-order valence-electron chi connectivity index (χ3n) is 2.17. The number of aliphatic hydroxyl groups is 1. The predicted molar refractivity (Wildman–Crippen MR) is 103 cm³/mol. The Morgan fingerprint density at radius 1 is 1.00 bits per heavy atom. The normalized spacial score (nSPS) is 8.29. The zero-order valence-electron chi connectivity index (χ0n) is 15.1. The van der Waals surface area contributed by atoms with Crippen molar-refractivity contribution >= 4 is 54.8 Å². The number of pyridine rings is 2. The summed E-state index contributed by atoms with van der Waals surface area (Å²) < 4.78 is 5.77. The number of hydrogen-bond acceptors (Lipinski definition) is 9. The zero-order chi connectivity index (χ0) is 21.6. The molecule has 2 aromatic rings. The maximum absolute atomic E-state index is 10.4. The van der Waals surface area contributed by atoms with E-state index in [9.17, 15) is 20.2 Å². The molecule has 0 saturated heterocycles. The summed E-state index contributed by atoms with van der Waals surface area (Å²) in [5, 5.41) is 35.8. The smallest absolute Gasteiger partial charge is 0.857 e. The number of methoxy groups -OCH3 is 1. The van der Waals surface area contributed by atoms with E-state index >= 15 is 0 Å². The molecule has 0 aliphatic heterocycles. The minimum absolute atomic E-state index is 0. The number of nitro groups is 2. The maximum atomic E-state index is 10.4. The van der Waals surface area contributed by atoms with E-state index < -0.39 is 9.85 Å². The van der Waals surface area contributed by atoms with Gasteiger partial charge in [-0.2, -0.15) is 7.11 Å². The minimum Gasteiger partial charge on any atom is -0.857 e. The Labute approximate surface area is 203 Å². The van der Waals surface area contributed by atoms with Crippen LogP contribution in [0.5, 0.6) is 5.88 Å². The number of rotatable bonds is 3. The van der Waals surface area contributed by atoms with Gasteiger partial charge in [0.15, 0.2) is 0 Å². The van der Waals surface area contributed by atoms with Crippen LogP contribution < -0.4 is 39.4 Å². The van der Waals surface area contributed by atoms with Gasteiger partial charge in [0.05, 0.1) is 17.0 Å². The van der Waals surface area contributed by atoms with Gasteiger partial charge in [0.25, 0.3) is 5.88 Å². The molecule has 0 fully saturated rings. The van der Waals surface area contributed by atoms with Crippen molar-refractivity contribution in [2.45, 2.75) is 0 Å². The molecule has 2 heterocycles. The van der Waals surface area contributed by atoms with Crippen molar-refractivity contribution < 1.29 is 54.4 Å². The van der Waals surface area contributed by atoms with Crippen LogP contribution >= 0.6 is 43.5 Å². The molecule has 28 heavy (non-hydrogen) atoms. The second-order valence-corrected chi connectivity index (χ2v) is 5.85. The summed E-state index contributed by atoms with van der Waals surface area (Å²) in [6.07, 6.45) is 2.83. The standard InChI is InChI=1S/C6H5BrN2O3.C5H2BrClN2O2.CH4O.CH3O.Na/c1-12-6-5(9(10)11)2-4(7)3-8-6;6-3-1-4(9(10)11)5(7)8-2-3;2*1-2;/h2-3H,1H3;1-2H;2H,1H3;1H3;/q;;;-1;+1. The summed E-state index contributed by atoms with van der Waals surface area (Å²) in [6, 6.07) is 2.64. The van der Waals surface area contributed by atoms with Crippen molar-refractivity contribution in [3.63, 3.8) is 0 Å². The van der Waals surface area contributed by atoms with Gasteiger partial charge in [0.2, 0.25) is 5.15 Å². The molecule has 0 aliphatic rings. The molecule has 0 amide bonds. The molecular weight excluding hydrogens is 542 g/mol. The Morgan fingerprint density at radius 3 is 1.75 bits per heavy atom. The molecular formula is C13H14Br2ClN4NaO7. The third-order valence-corrected chi connectivity index (χ3v) is 3.33. The number of nitrogens with zero attached hydrogens (tertiary/aromatic N) is 4. The SMILES string of the molecule is CO.COc1ncc(Br)cc1[N+](=O)[O-].C[O-].O=[N+]([O-])c1cc(Br)cnc1Cl.[Na+]. The molecule has 0 radical (unpaired) electrons. The van der Waals surface area contributed by atoms with E-state index in [0.717, 1.165) is 14.2 Å². The second-order valence-electron chi connectivity index (χ2n) is 3.66. The van der Waals surface area contributed by atoms with Gasteiger partial charge in [0.1, 0.15) is 0 Å². The molecule has 1 N–H and O–H groups in total. The van der Waals surface area contributed by atoms with E-state index in [-0.39, 0.29) is 52.0 Å². The van der Waals surface area contributed by atoms with Crippen LogP contribution in [-0.4, -0.2) is 46.3 Å². The van der Waals surface area contributed by atoms with Crippen molar-refractivity contribution in [3.8, 4) is 5.88 Å². The molecule has 0 aliphatic carbocycles. The average Bonchev–Trinajstić information content (AvgIpc) is 2.67. The first-order valence-corrected chi connectivity index (χ1v) is 8.37. The molecule has 0 atom stereocenters. The summed E-state index contributed by atoms with van der Waals surface area (Å²) in [5.74, 6) is 0.0169. The largest absolute Gasteiger partial charge is 1.00 e. The zero-order valence-corrected chi connectivity index (χ0v) is 21.1. The predicted octanol–water partition coefficient (Wildman–Crippen LogP) is -0.244. The number of aromatic nitrogens is 2. The van der Waals surface area contributed by atoms with Crippen LogP contribution in [0, 0.1) is 20.2 Å². The number of aliphatic hydroxyl groups excluding tert-OH is 1. The van der Waals surface area contributed by atoms with Crippen LogP contribution in [0.2, 0.25) is 5.15 Å². The first kappa shape index (κ1) is 31.8. The number of ether oxygens (including phenoxy) is 1. The fraction of sp³-hybridized carbons (Fsp3) is 0.231. The van der Waals surface area contributed by atoms with Crippen molar-refractivity contribution in [2.75, 3.05) is 21.3 Å². The van der Waals surface area contributed by atoms with Crippen LogP contribution in [0.4, 0.5) is 11.4 Å². The maximum Gasteiger partial charge on any atom is 1.00 e. The van der Waals surface area contributed by atoms with Crippen LogP contribution in [0.3, 0.4) is 0 Å². The van der Waals surface area contributed by atoms with Crippen molar-refractivity contribution in [3.05, 3.63) is 58.9 Å². The summed E-state index contributed by atoms with van der Waals surface area (Å²) in [4.78, 5) is 26.8. The van der Waals surface area contributed by atoms with Crippen molar-refractivity contribution in [1.82, 2.24) is 9.97 Å². The van der Waals surface area contributed by atoms with Gasteiger partial charge in [-0.15, -0.1) is 0 Å². The molecule has 0 saturated carbocycles. The average molecular weight is 557 g/mol. The Morgan fingerprint density at radius 2 is 1.39 bits per heavy atom. The van der Waals surface area contributed by atoms with Gasteiger partial charge in [-0.25, -0.2) is 9.97 Å². The van der Waals surface area contributed by atoms with Crippen molar-refractivity contribution in [1.29, 1.82) is 0 Å². The second kappa shape index (κ2) is 18.1. The van der Waals surface area contributed by atoms with Gasteiger partial charge in [0, 0.05) is 40.6 Å². The monoisotopic (exact) mass is 554 g/mol. The molecule has 0 unspecified atom stereocenters. The molecule has 0 bridgehead atoms. The van der Waals surface area contributed by atoms with Crippen LogP contribution in [0.25, 0.3) is 0 Å². The quantitative estimate of drug-likeness (QED) is 0.232. The van der Waals surface area contributed by atoms with Gasteiger partial charge in [-0.1, -0.05) is 11.6 Å². The topological polar surface area (TPSA) is 165 Å². The van der Waals surface area contributed by atoms with E-state index in [0.29, 0.717) is 8.95 Å². The van der Waals surface area contributed by atoms with Gasteiger partial charge >= 0.3 is 40.9 Å². The van der Waals surface area contributed by atoms with Gasteiger partial charge in [-0.05, 0) is 31.9 Å². The molecule has 0 spiro atoms. The molecule has 150 valence electrons. The van der Waals surface area contributed by atoms with Crippen LogP contribution in [0.15, 0.2) is 33.5 Å². The van der Waals surface area contributed by atoms with Crippen molar-refractivity contribution in [2.24, 2.45) is 0 Å². The fourth-order valence-corrected chi connectivity index (χ4v) is 2.05. The first-order valence-electron chi connectivity index (χ1n) is 6.41. The summed E-state index contributed by atoms with van der Waals surface area (Å²) in [7, 11) is 3.09. The molecule has 2 rings (SSSR count). The Hall–Kier alpha value is -0.930. The number of halogens is 3. The molecule has 11 nitrogen and oxygen atoms in total. The van der Waals surface area contributed by atoms with E-state index in [1.807, 2.05) is 0 Å². The minimum atomic E-state index is -0.583. The summed E-state index contributed by atoms with van der Waals surface area (Å²) >= 11 is 11.5. The summed E-state index contributed by atoms with van der Waals surface area (Å²) in [6.45, 7) is 0. The fourth-order valence-electron chi connectivity index (χ4n) is 1.24. The number of hydrogen-bond donors (Lipinski definition) is 1. The van der Waals surface area contributed by atoms with E-state index in [4.69, 9.17) is 21.8 Å². The summed E-state index contributed by atoms with van der Waals surface area (Å²) in [5.41, 5.74) is -0.340. The van der Waals surface area contributed by atoms with Crippen LogP contribution in [0.1, 0.15) is 0 Å². The van der Waals surface area contributed by atoms with E-state index in [2.05, 4.69) is 46.6 Å². The van der Waals surface area contributed by atoms with E-state index in [1.54, 1.807) is 0 Å². The Bertz CT molecular complexity index is 759. The van der Waals surface area contributed by atoms with Gasteiger partial charge in [-0.3, -0.25) is 20.2 Å². The molecule has 0 aromatic carbocycles. The third kappa shape index (κ3) is 11.8. The molecule has 2 aromatic heterocycles. The van der Waals surface area contributed by atoms with Crippen LogP contribution in [-0.2, 0) is 0 Å².